The highest BCUT2D eigenvalue weighted by molar-refractivity contribution is 7.99. The van der Waals surface area contributed by atoms with Crippen molar-refractivity contribution in [2.45, 2.75) is 10.7 Å². The van der Waals surface area contributed by atoms with Crippen LogP contribution in [-0.2, 0) is 14.3 Å². The third kappa shape index (κ3) is 6.55. The molecular weight excluding hydrogens is 370 g/mol. The molecule has 1 heterocycles. The first-order chi connectivity index (χ1) is 12.4. The van der Waals surface area contributed by atoms with Crippen LogP contribution in [0.4, 0.5) is 14.5 Å². The van der Waals surface area contributed by atoms with E-state index < -0.39 is 36.7 Å². The summed E-state index contributed by atoms with van der Waals surface area (Å²) in [7, 11) is 0. The number of furan rings is 1. The summed E-state index contributed by atoms with van der Waals surface area (Å²) < 4.78 is 34.0. The lowest BCUT2D eigenvalue weighted by Gasteiger charge is -2.08. The van der Waals surface area contributed by atoms with Gasteiger partial charge in [-0.3, -0.25) is 14.4 Å². The van der Waals surface area contributed by atoms with Crippen molar-refractivity contribution < 1.29 is 32.3 Å². The fourth-order valence-corrected chi connectivity index (χ4v) is 2.26. The zero-order chi connectivity index (χ0) is 18.9. The van der Waals surface area contributed by atoms with Crippen LogP contribution in [0.1, 0.15) is 10.6 Å². The van der Waals surface area contributed by atoms with Crippen molar-refractivity contribution in [3.05, 3.63) is 48.4 Å². The molecule has 2 aromatic rings. The summed E-state index contributed by atoms with van der Waals surface area (Å²) in [5.41, 5.74) is 0.371. The Labute approximate surface area is 151 Å². The Morgan fingerprint density at radius 1 is 1.15 bits per heavy atom. The second kappa shape index (κ2) is 9.56. The third-order valence-corrected chi connectivity index (χ3v) is 3.59. The van der Waals surface area contributed by atoms with E-state index in [2.05, 4.69) is 10.6 Å². The van der Waals surface area contributed by atoms with E-state index in [0.717, 1.165) is 0 Å². The van der Waals surface area contributed by atoms with Gasteiger partial charge in [0.15, 0.2) is 12.4 Å². The highest BCUT2D eigenvalue weighted by Crippen LogP contribution is 2.26. The number of anilines is 1. The van der Waals surface area contributed by atoms with E-state index in [-0.39, 0.29) is 5.76 Å². The zero-order valence-electron chi connectivity index (χ0n) is 13.2. The van der Waals surface area contributed by atoms with Crippen molar-refractivity contribution in [3.8, 4) is 0 Å². The summed E-state index contributed by atoms with van der Waals surface area (Å²) in [4.78, 5) is 35.1. The lowest BCUT2D eigenvalue weighted by Crippen LogP contribution is -2.32. The maximum absolute atomic E-state index is 12.2. The lowest BCUT2D eigenvalue weighted by molar-refractivity contribution is -0.146. The molecule has 0 saturated heterocycles. The summed E-state index contributed by atoms with van der Waals surface area (Å²) >= 11 is 0.390. The van der Waals surface area contributed by atoms with Crippen LogP contribution in [0.3, 0.4) is 0 Å². The fraction of sp³-hybridized carbons (Fsp3) is 0.188. The van der Waals surface area contributed by atoms with Crippen molar-refractivity contribution in [3.63, 3.8) is 0 Å². The Bertz CT molecular complexity index is 751. The number of thioether (sulfide) groups is 1. The number of rotatable bonds is 8. The van der Waals surface area contributed by atoms with Gasteiger partial charge in [-0.2, -0.15) is 8.78 Å². The predicted octanol–water partition coefficient (Wildman–Crippen LogP) is 2.51. The number of nitrogens with one attached hydrogen (secondary N) is 2. The first kappa shape index (κ1) is 19.4. The van der Waals surface area contributed by atoms with Gasteiger partial charge in [0.2, 0.25) is 0 Å². The second-order valence-corrected chi connectivity index (χ2v) is 5.84. The van der Waals surface area contributed by atoms with E-state index in [4.69, 9.17) is 9.15 Å². The van der Waals surface area contributed by atoms with Gasteiger partial charge in [0.25, 0.3) is 17.6 Å². The van der Waals surface area contributed by atoms with E-state index in [1.54, 1.807) is 0 Å². The molecule has 10 heteroatoms. The van der Waals surface area contributed by atoms with Gasteiger partial charge in [-0.1, -0.05) is 11.8 Å². The lowest BCUT2D eigenvalue weighted by atomic mass is 10.3. The minimum atomic E-state index is -2.52. The van der Waals surface area contributed by atoms with Crippen LogP contribution in [0.25, 0.3) is 0 Å². The molecular formula is C16H14F2N2O5S. The van der Waals surface area contributed by atoms with E-state index in [0.29, 0.717) is 22.3 Å². The van der Waals surface area contributed by atoms with E-state index in [1.807, 2.05) is 0 Å². The number of hydrogen-bond donors (Lipinski definition) is 2. The van der Waals surface area contributed by atoms with Gasteiger partial charge in [0, 0.05) is 10.6 Å². The van der Waals surface area contributed by atoms with Gasteiger partial charge in [0.1, 0.15) is 6.54 Å². The average molecular weight is 384 g/mol. The summed E-state index contributed by atoms with van der Waals surface area (Å²) in [6.45, 7) is -0.977. The van der Waals surface area contributed by atoms with Gasteiger partial charge in [-0.05, 0) is 36.4 Å². The molecule has 0 aliphatic rings. The Kier molecular flexibility index (Phi) is 7.15. The fourth-order valence-electron chi connectivity index (χ4n) is 1.76. The van der Waals surface area contributed by atoms with E-state index in [1.165, 1.54) is 42.7 Å². The topological polar surface area (TPSA) is 97.6 Å². The quantitative estimate of drug-likeness (QED) is 0.536. The van der Waals surface area contributed by atoms with Gasteiger partial charge in [-0.15, -0.1) is 0 Å². The molecule has 0 bridgehead atoms. The number of hydrogen-bond acceptors (Lipinski definition) is 6. The molecule has 0 saturated carbocycles. The molecule has 0 aliphatic carbocycles. The molecule has 2 N–H and O–H groups in total. The van der Waals surface area contributed by atoms with Gasteiger partial charge in [-0.25, -0.2) is 0 Å². The molecule has 26 heavy (non-hydrogen) atoms. The summed E-state index contributed by atoms with van der Waals surface area (Å²) in [5.74, 6) is -4.47. The SMILES string of the molecule is O=C(COC(=O)CNC(=O)c1ccco1)Nc1ccc(SC(F)F)cc1. The van der Waals surface area contributed by atoms with Crippen LogP contribution in [0.2, 0.25) is 0 Å². The van der Waals surface area contributed by atoms with Crippen molar-refractivity contribution in [2.24, 2.45) is 0 Å². The normalized spacial score (nSPS) is 10.4. The number of ether oxygens (including phenoxy) is 1. The molecule has 138 valence electrons. The standard InChI is InChI=1S/C16H14F2N2O5S/c17-16(18)26-11-5-3-10(4-6-11)20-13(21)9-25-14(22)8-19-15(23)12-2-1-7-24-12/h1-7,16H,8-9H2,(H,19,23)(H,20,21). The number of halogens is 2. The first-order valence-electron chi connectivity index (χ1n) is 7.26. The Morgan fingerprint density at radius 2 is 1.88 bits per heavy atom. The number of carbonyl (C=O) groups is 3. The van der Waals surface area contributed by atoms with E-state index in [9.17, 15) is 23.2 Å². The molecule has 7 nitrogen and oxygen atoms in total. The highest BCUT2D eigenvalue weighted by atomic mass is 32.2. The second-order valence-electron chi connectivity index (χ2n) is 4.77. The van der Waals surface area contributed by atoms with Crippen LogP contribution in [-0.4, -0.2) is 36.7 Å². The van der Waals surface area contributed by atoms with Crippen molar-refractivity contribution >= 4 is 35.2 Å². The van der Waals surface area contributed by atoms with Crippen LogP contribution >= 0.6 is 11.8 Å². The Hall–Kier alpha value is -2.88. The van der Waals surface area contributed by atoms with Gasteiger partial charge < -0.3 is 19.8 Å². The molecule has 0 atom stereocenters. The van der Waals surface area contributed by atoms with Gasteiger partial charge in [0.05, 0.1) is 6.26 Å². The van der Waals surface area contributed by atoms with Crippen LogP contribution in [0, 0.1) is 0 Å². The largest absolute Gasteiger partial charge is 0.459 e. The Morgan fingerprint density at radius 3 is 2.50 bits per heavy atom. The number of benzene rings is 1. The van der Waals surface area contributed by atoms with Crippen molar-refractivity contribution in [2.75, 3.05) is 18.5 Å². The minimum absolute atomic E-state index is 0.0454. The maximum Gasteiger partial charge on any atom is 0.325 e. The van der Waals surface area contributed by atoms with Crippen LogP contribution in [0.15, 0.2) is 52.0 Å². The maximum atomic E-state index is 12.2. The van der Waals surface area contributed by atoms with E-state index >= 15 is 0 Å². The average Bonchev–Trinajstić information content (AvgIpc) is 3.14. The molecule has 2 rings (SSSR count). The summed E-state index contributed by atoms with van der Waals surface area (Å²) in [6, 6.07) is 8.72. The van der Waals surface area contributed by atoms with Crippen LogP contribution < -0.4 is 10.6 Å². The molecule has 1 aromatic carbocycles. The van der Waals surface area contributed by atoms with Crippen molar-refractivity contribution in [1.29, 1.82) is 0 Å². The van der Waals surface area contributed by atoms with Crippen LogP contribution in [0.5, 0.6) is 0 Å². The molecule has 0 unspecified atom stereocenters. The zero-order valence-corrected chi connectivity index (χ0v) is 14.1. The number of alkyl halides is 2. The molecule has 1 aromatic heterocycles. The molecule has 0 fully saturated rings. The van der Waals surface area contributed by atoms with Crippen molar-refractivity contribution in [1.82, 2.24) is 5.32 Å². The number of esters is 1. The molecule has 2 amide bonds. The minimum Gasteiger partial charge on any atom is -0.459 e. The van der Waals surface area contributed by atoms with Gasteiger partial charge >= 0.3 is 5.97 Å². The smallest absolute Gasteiger partial charge is 0.325 e. The summed E-state index contributed by atoms with van der Waals surface area (Å²) in [5, 5.41) is 4.73. The molecule has 0 spiro atoms. The predicted molar refractivity (Wildman–Crippen MR) is 88.9 cm³/mol. The monoisotopic (exact) mass is 384 g/mol. The Balaban J connectivity index is 1.69. The third-order valence-electron chi connectivity index (χ3n) is 2.87. The summed E-state index contributed by atoms with van der Waals surface area (Å²) in [6.07, 6.45) is 1.32. The number of amides is 2. The molecule has 0 radical (unpaired) electrons. The highest BCUT2D eigenvalue weighted by Gasteiger charge is 2.12. The number of carbonyl (C=O) groups excluding carboxylic acids is 3. The molecule has 0 aliphatic heterocycles. The first-order valence-corrected chi connectivity index (χ1v) is 8.14.